The molecule has 0 amide bonds. The van der Waals surface area contributed by atoms with E-state index in [-0.39, 0.29) is 0 Å². The zero-order valence-electron chi connectivity index (χ0n) is 7.04. The van der Waals surface area contributed by atoms with Gasteiger partial charge in [0.2, 0.25) is 0 Å². The SMILES string of the molecule is COc1ccc(C(O)Br)c(C)c1. The van der Waals surface area contributed by atoms with Crippen LogP contribution in [0, 0.1) is 6.92 Å². The second kappa shape index (κ2) is 3.92. The number of halogens is 1. The lowest BCUT2D eigenvalue weighted by atomic mass is 10.1. The summed E-state index contributed by atoms with van der Waals surface area (Å²) in [7, 11) is 1.62. The Balaban J connectivity index is 3.03. The predicted octanol–water partition coefficient (Wildman–Crippen LogP) is 2.39. The minimum absolute atomic E-state index is 0.594. The molecule has 1 aromatic rings. The van der Waals surface area contributed by atoms with Gasteiger partial charge in [0.15, 0.2) is 0 Å². The van der Waals surface area contributed by atoms with Gasteiger partial charge in [-0.05, 0) is 30.2 Å². The second-order valence-corrected chi connectivity index (χ2v) is 3.43. The summed E-state index contributed by atoms with van der Waals surface area (Å²) in [6, 6.07) is 5.56. The fraction of sp³-hybridized carbons (Fsp3) is 0.333. The van der Waals surface area contributed by atoms with Gasteiger partial charge < -0.3 is 9.84 Å². The summed E-state index contributed by atoms with van der Waals surface area (Å²) in [6.45, 7) is 1.93. The number of aliphatic hydroxyl groups excluding tert-OH is 1. The number of hydrogen-bond donors (Lipinski definition) is 1. The second-order valence-electron chi connectivity index (χ2n) is 2.56. The third-order valence-electron chi connectivity index (χ3n) is 1.73. The van der Waals surface area contributed by atoms with E-state index in [0.29, 0.717) is 0 Å². The van der Waals surface area contributed by atoms with Gasteiger partial charge in [-0.25, -0.2) is 0 Å². The molecular weight excluding hydrogens is 220 g/mol. The molecule has 1 aromatic carbocycles. The molecule has 0 saturated carbocycles. The number of aliphatic hydroxyl groups is 1. The fourth-order valence-electron chi connectivity index (χ4n) is 1.04. The molecule has 0 radical (unpaired) electrons. The smallest absolute Gasteiger partial charge is 0.134 e. The van der Waals surface area contributed by atoms with Gasteiger partial charge >= 0.3 is 0 Å². The first-order valence-electron chi connectivity index (χ1n) is 3.62. The van der Waals surface area contributed by atoms with E-state index in [1.54, 1.807) is 7.11 Å². The van der Waals surface area contributed by atoms with Crippen molar-refractivity contribution in [1.82, 2.24) is 0 Å². The highest BCUT2D eigenvalue weighted by molar-refractivity contribution is 9.09. The number of methoxy groups -OCH3 is 1. The third kappa shape index (κ3) is 1.99. The predicted molar refractivity (Wildman–Crippen MR) is 51.6 cm³/mol. The van der Waals surface area contributed by atoms with Crippen LogP contribution in [0.5, 0.6) is 5.75 Å². The average molecular weight is 231 g/mol. The van der Waals surface area contributed by atoms with E-state index in [2.05, 4.69) is 15.9 Å². The Morgan fingerprint density at radius 3 is 2.58 bits per heavy atom. The summed E-state index contributed by atoms with van der Waals surface area (Å²) in [6.07, 6.45) is 0. The molecule has 66 valence electrons. The molecular formula is C9H11BrO2. The van der Waals surface area contributed by atoms with Crippen LogP contribution in [0.4, 0.5) is 0 Å². The van der Waals surface area contributed by atoms with Crippen LogP contribution >= 0.6 is 15.9 Å². The van der Waals surface area contributed by atoms with Crippen LogP contribution in [0.3, 0.4) is 0 Å². The van der Waals surface area contributed by atoms with Crippen molar-refractivity contribution in [2.75, 3.05) is 7.11 Å². The Bertz CT molecular complexity index is 271. The Kier molecular flexibility index (Phi) is 3.12. The first-order valence-corrected chi connectivity index (χ1v) is 4.53. The fourth-order valence-corrected chi connectivity index (χ4v) is 1.56. The number of alkyl halides is 1. The van der Waals surface area contributed by atoms with E-state index in [1.807, 2.05) is 25.1 Å². The normalized spacial score (nSPS) is 12.7. The summed E-state index contributed by atoms with van der Waals surface area (Å²) in [5.74, 6) is 0.810. The van der Waals surface area contributed by atoms with Crippen molar-refractivity contribution in [2.24, 2.45) is 0 Å². The van der Waals surface area contributed by atoms with Crippen molar-refractivity contribution in [3.05, 3.63) is 29.3 Å². The average Bonchev–Trinajstić information content (AvgIpc) is 2.03. The summed E-state index contributed by atoms with van der Waals surface area (Å²) < 4.78 is 5.03. The molecule has 0 saturated heterocycles. The van der Waals surface area contributed by atoms with Gasteiger partial charge in [-0.15, -0.1) is 0 Å². The molecule has 0 aliphatic rings. The van der Waals surface area contributed by atoms with Gasteiger partial charge in [-0.2, -0.15) is 0 Å². The van der Waals surface area contributed by atoms with Crippen molar-refractivity contribution in [3.8, 4) is 5.75 Å². The van der Waals surface area contributed by atoms with E-state index in [9.17, 15) is 5.11 Å². The zero-order valence-corrected chi connectivity index (χ0v) is 8.63. The van der Waals surface area contributed by atoms with Crippen molar-refractivity contribution in [2.45, 2.75) is 11.9 Å². The van der Waals surface area contributed by atoms with Crippen molar-refractivity contribution in [1.29, 1.82) is 0 Å². The van der Waals surface area contributed by atoms with Gasteiger partial charge in [0.25, 0.3) is 0 Å². The monoisotopic (exact) mass is 230 g/mol. The molecule has 1 N–H and O–H groups in total. The number of aryl methyl sites for hydroxylation is 1. The standard InChI is InChI=1S/C9H11BrO2/c1-6-5-7(12-2)3-4-8(6)9(10)11/h3-5,9,11H,1-2H3. The van der Waals surface area contributed by atoms with Crippen LogP contribution in [0.25, 0.3) is 0 Å². The maximum absolute atomic E-state index is 9.24. The molecule has 3 heteroatoms. The molecule has 1 rings (SSSR count). The van der Waals surface area contributed by atoms with Crippen molar-refractivity contribution in [3.63, 3.8) is 0 Å². The minimum Gasteiger partial charge on any atom is -0.497 e. The van der Waals surface area contributed by atoms with Crippen molar-refractivity contribution >= 4 is 15.9 Å². The van der Waals surface area contributed by atoms with Crippen LogP contribution in [-0.4, -0.2) is 12.2 Å². The molecule has 0 spiro atoms. The first-order chi connectivity index (χ1) is 5.65. The lowest BCUT2D eigenvalue weighted by molar-refractivity contribution is 0.276. The Morgan fingerprint density at radius 1 is 1.50 bits per heavy atom. The lowest BCUT2D eigenvalue weighted by Gasteiger charge is -2.08. The van der Waals surface area contributed by atoms with Gasteiger partial charge in [-0.3, -0.25) is 0 Å². The highest BCUT2D eigenvalue weighted by Crippen LogP contribution is 2.25. The number of hydrogen-bond acceptors (Lipinski definition) is 2. The van der Waals surface area contributed by atoms with Crippen LogP contribution in [-0.2, 0) is 0 Å². The van der Waals surface area contributed by atoms with Crippen LogP contribution in [0.15, 0.2) is 18.2 Å². The van der Waals surface area contributed by atoms with Crippen molar-refractivity contribution < 1.29 is 9.84 Å². The quantitative estimate of drug-likeness (QED) is 0.792. The highest BCUT2D eigenvalue weighted by Gasteiger charge is 2.06. The van der Waals surface area contributed by atoms with E-state index in [0.717, 1.165) is 16.9 Å². The molecule has 12 heavy (non-hydrogen) atoms. The number of ether oxygens (including phenoxy) is 1. The summed E-state index contributed by atoms with van der Waals surface area (Å²) in [5, 5.41) is 8.65. The van der Waals surface area contributed by atoms with Gasteiger partial charge in [0, 0.05) is 0 Å². The number of rotatable bonds is 2. The molecule has 0 aliphatic heterocycles. The zero-order chi connectivity index (χ0) is 9.14. The van der Waals surface area contributed by atoms with Gasteiger partial charge in [0.05, 0.1) is 7.11 Å². The molecule has 1 unspecified atom stereocenters. The highest BCUT2D eigenvalue weighted by atomic mass is 79.9. The van der Waals surface area contributed by atoms with E-state index in [1.165, 1.54) is 0 Å². The van der Waals surface area contributed by atoms with Gasteiger partial charge in [-0.1, -0.05) is 22.0 Å². The molecule has 0 fully saturated rings. The Labute approximate surface area is 80.3 Å². The van der Waals surface area contributed by atoms with E-state index in [4.69, 9.17) is 4.74 Å². The Hall–Kier alpha value is -0.540. The molecule has 2 nitrogen and oxygen atoms in total. The minimum atomic E-state index is -0.594. The first kappa shape index (κ1) is 9.55. The van der Waals surface area contributed by atoms with Crippen LogP contribution in [0.1, 0.15) is 16.1 Å². The summed E-state index contributed by atoms with van der Waals surface area (Å²) in [5.41, 5.74) is 1.88. The number of benzene rings is 1. The largest absolute Gasteiger partial charge is 0.497 e. The third-order valence-corrected chi connectivity index (χ3v) is 2.23. The van der Waals surface area contributed by atoms with Crippen LogP contribution in [0.2, 0.25) is 0 Å². The Morgan fingerprint density at radius 2 is 2.17 bits per heavy atom. The maximum atomic E-state index is 9.24. The summed E-state index contributed by atoms with van der Waals surface area (Å²) in [4.78, 5) is 0. The summed E-state index contributed by atoms with van der Waals surface area (Å²) >= 11 is 3.09. The maximum Gasteiger partial charge on any atom is 0.134 e. The molecule has 0 bridgehead atoms. The molecule has 0 heterocycles. The van der Waals surface area contributed by atoms with E-state index >= 15 is 0 Å². The topological polar surface area (TPSA) is 29.5 Å². The molecule has 0 aliphatic carbocycles. The molecule has 1 atom stereocenters. The lowest BCUT2D eigenvalue weighted by Crippen LogP contribution is -1.92. The molecule has 0 aromatic heterocycles. The van der Waals surface area contributed by atoms with Crippen LogP contribution < -0.4 is 4.74 Å². The van der Waals surface area contributed by atoms with Gasteiger partial charge in [0.1, 0.15) is 10.8 Å². The van der Waals surface area contributed by atoms with E-state index < -0.39 is 5.01 Å².